The molecule has 1 amide bonds. The fraction of sp³-hybridized carbons (Fsp3) is 0.400. The van der Waals surface area contributed by atoms with Gasteiger partial charge in [-0.2, -0.15) is 0 Å². The molecule has 4 heteroatoms. The molecular weight excluding hydrogens is 262 g/mol. The van der Waals surface area contributed by atoms with Crippen molar-refractivity contribution >= 4 is 23.6 Å². The van der Waals surface area contributed by atoms with Crippen molar-refractivity contribution in [1.29, 1.82) is 0 Å². The molecule has 0 aromatic heterocycles. The first kappa shape index (κ1) is 15.7. The van der Waals surface area contributed by atoms with Crippen LogP contribution in [0.4, 0.5) is 0 Å². The molecule has 19 heavy (non-hydrogen) atoms. The van der Waals surface area contributed by atoms with Crippen molar-refractivity contribution in [2.24, 2.45) is 0 Å². The van der Waals surface area contributed by atoms with Gasteiger partial charge in [0, 0.05) is 17.6 Å². The average molecular weight is 282 g/mol. The molecule has 2 N–H and O–H groups in total. The highest BCUT2D eigenvalue weighted by molar-refractivity contribution is 6.32. The summed E-state index contributed by atoms with van der Waals surface area (Å²) in [5, 5.41) is 13.3. The number of hydrogen-bond donors (Lipinski definition) is 2. The predicted octanol–water partition coefficient (Wildman–Crippen LogP) is 3.02. The number of carbonyl (C=O) groups is 1. The molecule has 0 unspecified atom stereocenters. The molecule has 1 aromatic rings. The lowest BCUT2D eigenvalue weighted by molar-refractivity contribution is -0.117. The van der Waals surface area contributed by atoms with E-state index in [0.717, 1.165) is 5.56 Å². The standard InChI is InChI=1S/C15H20ClNO2/c1-3-15(19,4-2)11-17-14(18)10-9-12-7-5-6-8-13(12)16/h5-10,19H,3-4,11H2,1-2H3,(H,17,18). The van der Waals surface area contributed by atoms with E-state index >= 15 is 0 Å². The van der Waals surface area contributed by atoms with Gasteiger partial charge in [0.2, 0.25) is 5.91 Å². The highest BCUT2D eigenvalue weighted by Crippen LogP contribution is 2.16. The van der Waals surface area contributed by atoms with Gasteiger partial charge < -0.3 is 10.4 Å². The Morgan fingerprint density at radius 3 is 2.58 bits per heavy atom. The SMILES string of the molecule is CCC(O)(CC)CNC(=O)C=Cc1ccccc1Cl. The summed E-state index contributed by atoms with van der Waals surface area (Å²) in [4.78, 5) is 11.7. The summed E-state index contributed by atoms with van der Waals surface area (Å²) in [5.74, 6) is -0.236. The van der Waals surface area contributed by atoms with Crippen LogP contribution in [0.5, 0.6) is 0 Å². The molecule has 0 aliphatic rings. The van der Waals surface area contributed by atoms with E-state index in [1.807, 2.05) is 32.0 Å². The summed E-state index contributed by atoms with van der Waals surface area (Å²) in [6.45, 7) is 4.05. The maximum absolute atomic E-state index is 11.7. The molecular formula is C15H20ClNO2. The normalized spacial score (nSPS) is 11.8. The number of halogens is 1. The summed E-state index contributed by atoms with van der Waals surface area (Å²) in [6.07, 6.45) is 4.30. The van der Waals surface area contributed by atoms with Crippen molar-refractivity contribution in [2.45, 2.75) is 32.3 Å². The van der Waals surface area contributed by atoms with Crippen molar-refractivity contribution in [3.63, 3.8) is 0 Å². The largest absolute Gasteiger partial charge is 0.388 e. The Bertz CT molecular complexity index is 453. The zero-order chi connectivity index (χ0) is 14.3. The predicted molar refractivity (Wildman–Crippen MR) is 79.0 cm³/mol. The van der Waals surface area contributed by atoms with Gasteiger partial charge in [-0.15, -0.1) is 0 Å². The molecule has 1 aromatic carbocycles. The van der Waals surface area contributed by atoms with Crippen LogP contribution in [-0.4, -0.2) is 23.2 Å². The second kappa shape index (κ2) is 7.31. The first-order chi connectivity index (χ1) is 9.00. The van der Waals surface area contributed by atoms with Crippen LogP contribution in [0.1, 0.15) is 32.3 Å². The van der Waals surface area contributed by atoms with Gasteiger partial charge in [-0.1, -0.05) is 43.6 Å². The van der Waals surface area contributed by atoms with Gasteiger partial charge in [-0.05, 0) is 30.5 Å². The van der Waals surface area contributed by atoms with Gasteiger partial charge in [-0.3, -0.25) is 4.79 Å². The van der Waals surface area contributed by atoms with Gasteiger partial charge in [0.15, 0.2) is 0 Å². The molecule has 0 bridgehead atoms. The molecule has 0 radical (unpaired) electrons. The summed E-state index contributed by atoms with van der Waals surface area (Å²) < 4.78 is 0. The quantitative estimate of drug-likeness (QED) is 0.788. The van der Waals surface area contributed by atoms with Crippen molar-refractivity contribution < 1.29 is 9.90 Å². The van der Waals surface area contributed by atoms with Crippen molar-refractivity contribution in [3.8, 4) is 0 Å². The number of rotatable bonds is 6. The van der Waals surface area contributed by atoms with Crippen molar-refractivity contribution in [2.75, 3.05) is 6.54 Å². The van der Waals surface area contributed by atoms with Crippen LogP contribution in [0.25, 0.3) is 6.08 Å². The minimum absolute atomic E-state index is 0.236. The Balaban J connectivity index is 2.55. The van der Waals surface area contributed by atoms with Gasteiger partial charge in [-0.25, -0.2) is 0 Å². The lowest BCUT2D eigenvalue weighted by Crippen LogP contribution is -2.41. The van der Waals surface area contributed by atoms with Crippen LogP contribution in [-0.2, 0) is 4.79 Å². The zero-order valence-electron chi connectivity index (χ0n) is 11.3. The third-order valence-electron chi connectivity index (χ3n) is 3.23. The summed E-state index contributed by atoms with van der Waals surface area (Å²) in [7, 11) is 0. The van der Waals surface area contributed by atoms with Gasteiger partial charge in [0.1, 0.15) is 0 Å². The molecule has 0 spiro atoms. The third kappa shape index (κ3) is 5.05. The Hall–Kier alpha value is -1.32. The van der Waals surface area contributed by atoms with Gasteiger partial charge in [0.25, 0.3) is 0 Å². The molecule has 0 fully saturated rings. The van der Waals surface area contributed by atoms with E-state index in [2.05, 4.69) is 5.32 Å². The lowest BCUT2D eigenvalue weighted by Gasteiger charge is -2.24. The van der Waals surface area contributed by atoms with Crippen molar-refractivity contribution in [3.05, 3.63) is 40.9 Å². The van der Waals surface area contributed by atoms with Crippen LogP contribution in [0, 0.1) is 0 Å². The lowest BCUT2D eigenvalue weighted by atomic mass is 9.98. The molecule has 0 aliphatic carbocycles. The number of carbonyl (C=O) groups excluding carboxylic acids is 1. The Kier molecular flexibility index (Phi) is 6.06. The topological polar surface area (TPSA) is 49.3 Å². The van der Waals surface area contributed by atoms with E-state index in [-0.39, 0.29) is 12.5 Å². The third-order valence-corrected chi connectivity index (χ3v) is 3.57. The molecule has 0 atom stereocenters. The fourth-order valence-electron chi connectivity index (χ4n) is 1.59. The molecule has 0 heterocycles. The second-order valence-electron chi connectivity index (χ2n) is 4.50. The van der Waals surface area contributed by atoms with Crippen LogP contribution < -0.4 is 5.32 Å². The number of aliphatic hydroxyl groups is 1. The minimum atomic E-state index is -0.826. The monoisotopic (exact) mass is 281 g/mol. The van der Waals surface area contributed by atoms with Crippen LogP contribution >= 0.6 is 11.6 Å². The molecule has 1 rings (SSSR count). The zero-order valence-corrected chi connectivity index (χ0v) is 12.1. The van der Waals surface area contributed by atoms with Crippen LogP contribution in [0.2, 0.25) is 5.02 Å². The Morgan fingerprint density at radius 1 is 1.37 bits per heavy atom. The highest BCUT2D eigenvalue weighted by Gasteiger charge is 2.22. The number of amides is 1. The molecule has 0 saturated heterocycles. The minimum Gasteiger partial charge on any atom is -0.388 e. The van der Waals surface area contributed by atoms with E-state index in [4.69, 9.17) is 11.6 Å². The van der Waals surface area contributed by atoms with E-state index < -0.39 is 5.60 Å². The first-order valence-electron chi connectivity index (χ1n) is 6.43. The molecule has 3 nitrogen and oxygen atoms in total. The first-order valence-corrected chi connectivity index (χ1v) is 6.81. The Labute approximate surface area is 119 Å². The van der Waals surface area contributed by atoms with Crippen LogP contribution in [0.15, 0.2) is 30.3 Å². The number of nitrogens with one attached hydrogen (secondary N) is 1. The van der Waals surface area contributed by atoms with Gasteiger partial charge >= 0.3 is 0 Å². The van der Waals surface area contributed by atoms with Crippen LogP contribution in [0.3, 0.4) is 0 Å². The summed E-state index contributed by atoms with van der Waals surface area (Å²) in [5.41, 5.74) is -0.0333. The molecule has 104 valence electrons. The van der Waals surface area contributed by atoms with E-state index in [9.17, 15) is 9.90 Å². The maximum atomic E-state index is 11.7. The average Bonchev–Trinajstić information content (AvgIpc) is 2.44. The molecule has 0 saturated carbocycles. The summed E-state index contributed by atoms with van der Waals surface area (Å²) >= 11 is 5.98. The number of benzene rings is 1. The Morgan fingerprint density at radius 2 is 2.00 bits per heavy atom. The summed E-state index contributed by atoms with van der Waals surface area (Å²) in [6, 6.07) is 7.30. The smallest absolute Gasteiger partial charge is 0.244 e. The van der Waals surface area contributed by atoms with Crippen molar-refractivity contribution in [1.82, 2.24) is 5.32 Å². The number of hydrogen-bond acceptors (Lipinski definition) is 2. The fourth-order valence-corrected chi connectivity index (χ4v) is 1.79. The highest BCUT2D eigenvalue weighted by atomic mass is 35.5. The second-order valence-corrected chi connectivity index (χ2v) is 4.91. The maximum Gasteiger partial charge on any atom is 0.244 e. The van der Waals surface area contributed by atoms with E-state index in [1.165, 1.54) is 6.08 Å². The van der Waals surface area contributed by atoms with E-state index in [1.54, 1.807) is 12.1 Å². The van der Waals surface area contributed by atoms with Gasteiger partial charge in [0.05, 0.1) is 5.60 Å². The van der Waals surface area contributed by atoms with E-state index in [0.29, 0.717) is 17.9 Å². The molecule has 0 aliphatic heterocycles.